The molecule has 2 bridgehead atoms. The molecule has 1 N–H and O–H groups in total. The van der Waals surface area contributed by atoms with E-state index in [1.807, 2.05) is 48.5 Å². The molecule has 1 fully saturated rings. The number of nitrogens with zero attached hydrogens (tertiary/aromatic N) is 2. The molecule has 1 aliphatic heterocycles. The highest BCUT2D eigenvalue weighted by atomic mass is 35.5. The summed E-state index contributed by atoms with van der Waals surface area (Å²) in [4.78, 5) is 42.9. The van der Waals surface area contributed by atoms with Crippen LogP contribution in [-0.4, -0.2) is 31.0 Å². The third-order valence-electron chi connectivity index (χ3n) is 8.54. The van der Waals surface area contributed by atoms with Crippen molar-refractivity contribution in [3.63, 3.8) is 0 Å². The fourth-order valence-electron chi connectivity index (χ4n) is 6.94. The number of amides is 3. The molecule has 0 aromatic heterocycles. The highest BCUT2D eigenvalue weighted by molar-refractivity contribution is 6.36. The third kappa shape index (κ3) is 3.52. The Hall–Kier alpha value is -4.75. The van der Waals surface area contributed by atoms with Gasteiger partial charge in [-0.05, 0) is 52.6 Å². The molecule has 3 aliphatic carbocycles. The highest BCUT2D eigenvalue weighted by Gasteiger charge is 2.68. The third-order valence-corrected chi connectivity index (χ3v) is 8.86. The number of benzene rings is 4. The van der Waals surface area contributed by atoms with Gasteiger partial charge < -0.3 is 4.74 Å². The Bertz CT molecular complexity index is 1740. The predicted octanol–water partition coefficient (Wildman–Crippen LogP) is 5.32. The summed E-state index contributed by atoms with van der Waals surface area (Å²) in [6.07, 6.45) is 1.64. The number of methoxy groups -OCH3 is 1. The van der Waals surface area contributed by atoms with E-state index in [0.29, 0.717) is 22.0 Å². The first-order valence-corrected chi connectivity index (χ1v) is 13.6. The lowest BCUT2D eigenvalue weighted by molar-refractivity contribution is -0.122. The van der Waals surface area contributed by atoms with Crippen molar-refractivity contribution in [2.45, 2.75) is 11.3 Å². The van der Waals surface area contributed by atoms with Gasteiger partial charge in [0.25, 0.3) is 5.91 Å². The lowest BCUT2D eigenvalue weighted by Gasteiger charge is -2.52. The van der Waals surface area contributed by atoms with Gasteiger partial charge >= 0.3 is 0 Å². The number of anilines is 1. The minimum absolute atomic E-state index is 0.291. The number of hydrogen-bond donors (Lipinski definition) is 1. The molecule has 1 heterocycles. The van der Waals surface area contributed by atoms with Gasteiger partial charge in [-0.15, -0.1) is 0 Å². The number of carbonyl (C=O) groups excluding carboxylic acids is 3. The molecular weight excluding hydrogens is 538 g/mol. The van der Waals surface area contributed by atoms with Crippen molar-refractivity contribution in [2.24, 2.45) is 16.9 Å². The van der Waals surface area contributed by atoms with Gasteiger partial charge in [0.15, 0.2) is 0 Å². The summed E-state index contributed by atoms with van der Waals surface area (Å²) in [5.74, 6) is -2.26. The number of ether oxygens (including phenoxy) is 1. The molecule has 4 aromatic rings. The van der Waals surface area contributed by atoms with Crippen molar-refractivity contribution < 1.29 is 19.1 Å². The molecule has 0 saturated carbocycles. The predicted molar refractivity (Wildman–Crippen MR) is 155 cm³/mol. The summed E-state index contributed by atoms with van der Waals surface area (Å²) >= 11 is 6.50. The van der Waals surface area contributed by atoms with Crippen LogP contribution >= 0.6 is 11.6 Å². The second-order valence-electron chi connectivity index (χ2n) is 10.4. The zero-order chi connectivity index (χ0) is 28.3. The van der Waals surface area contributed by atoms with Crippen LogP contribution in [0.25, 0.3) is 0 Å². The zero-order valence-corrected chi connectivity index (χ0v) is 22.7. The Labute approximate surface area is 241 Å². The number of para-hydroxylation sites is 1. The second-order valence-corrected chi connectivity index (χ2v) is 10.8. The van der Waals surface area contributed by atoms with E-state index < -0.39 is 23.2 Å². The van der Waals surface area contributed by atoms with E-state index in [0.717, 1.165) is 22.3 Å². The number of hydrazone groups is 1. The number of carbonyl (C=O) groups is 3. The fraction of sp³-hybridized carbons (Fsp3) is 0.152. The first kappa shape index (κ1) is 25.2. The van der Waals surface area contributed by atoms with Gasteiger partial charge in [0.2, 0.25) is 11.8 Å². The molecule has 8 heteroatoms. The normalized spacial score (nSPS) is 23.8. The standard InChI is InChI=1S/C33H24ClN3O4/c1-41-20-10-8-9-19(17-20)30(38)36-35-18-33-23-13-4-2-11-21(23)27(22-12-3-5-14-24(22)33)28-29(33)32(40)37(31(28)39)26-16-7-6-15-25(26)34/h2-18,27-29H,1H3,(H,36,38)/b35-18-/t27?,28-,29-,33?/m0/s1. The van der Waals surface area contributed by atoms with Gasteiger partial charge in [-0.2, -0.15) is 5.10 Å². The summed E-state index contributed by atoms with van der Waals surface area (Å²) in [5.41, 5.74) is 6.01. The lowest BCUT2D eigenvalue weighted by atomic mass is 9.47. The Balaban J connectivity index is 1.39. The van der Waals surface area contributed by atoms with Crippen molar-refractivity contribution >= 4 is 41.2 Å². The minimum atomic E-state index is -1.10. The summed E-state index contributed by atoms with van der Waals surface area (Å²) in [6.45, 7) is 0. The first-order valence-electron chi connectivity index (χ1n) is 13.3. The molecule has 41 heavy (non-hydrogen) atoms. The molecule has 4 aliphatic rings. The van der Waals surface area contributed by atoms with Gasteiger partial charge in [-0.1, -0.05) is 78.3 Å². The average Bonchev–Trinajstić information content (AvgIpc) is 3.28. The van der Waals surface area contributed by atoms with Gasteiger partial charge in [0, 0.05) is 17.7 Å². The van der Waals surface area contributed by atoms with Crippen molar-refractivity contribution in [2.75, 3.05) is 12.0 Å². The van der Waals surface area contributed by atoms with Crippen LogP contribution in [0.4, 0.5) is 5.69 Å². The average molecular weight is 562 g/mol. The maximum atomic E-state index is 14.4. The number of nitrogens with one attached hydrogen (secondary N) is 1. The van der Waals surface area contributed by atoms with E-state index >= 15 is 0 Å². The van der Waals surface area contributed by atoms with Crippen molar-refractivity contribution in [3.05, 3.63) is 130 Å². The first-order chi connectivity index (χ1) is 20.0. The molecule has 4 aromatic carbocycles. The molecule has 1 saturated heterocycles. The van der Waals surface area contributed by atoms with Gasteiger partial charge in [-0.3, -0.25) is 14.4 Å². The minimum Gasteiger partial charge on any atom is -0.497 e. The van der Waals surface area contributed by atoms with Crippen molar-refractivity contribution in [3.8, 4) is 5.75 Å². The maximum Gasteiger partial charge on any atom is 0.271 e. The van der Waals surface area contributed by atoms with Crippen LogP contribution in [0.1, 0.15) is 38.5 Å². The topological polar surface area (TPSA) is 88.1 Å². The van der Waals surface area contributed by atoms with Gasteiger partial charge in [0.1, 0.15) is 5.75 Å². The van der Waals surface area contributed by atoms with Crippen molar-refractivity contribution in [1.82, 2.24) is 5.43 Å². The summed E-state index contributed by atoms with van der Waals surface area (Å²) < 4.78 is 5.24. The van der Waals surface area contributed by atoms with Crippen molar-refractivity contribution in [1.29, 1.82) is 0 Å². The van der Waals surface area contributed by atoms with Crippen LogP contribution < -0.4 is 15.1 Å². The van der Waals surface area contributed by atoms with Crippen LogP contribution in [-0.2, 0) is 15.0 Å². The van der Waals surface area contributed by atoms with E-state index in [1.165, 1.54) is 12.0 Å². The number of hydrogen-bond acceptors (Lipinski definition) is 5. The SMILES string of the molecule is COc1cccc(C(=O)N/N=C\C23c4ccccc4C(c4ccccc42)[C@@H]2C(=O)N(c4ccccc4Cl)C(=O)[C@H]23)c1. The van der Waals surface area contributed by atoms with Crippen LogP contribution in [0.2, 0.25) is 5.02 Å². The molecule has 3 amide bonds. The summed E-state index contributed by atoms with van der Waals surface area (Å²) in [6, 6.07) is 29.4. The fourth-order valence-corrected chi connectivity index (χ4v) is 7.16. The molecule has 8 rings (SSSR count). The lowest BCUT2D eigenvalue weighted by Crippen LogP contribution is -2.54. The molecule has 0 spiro atoms. The van der Waals surface area contributed by atoms with Gasteiger partial charge in [0.05, 0.1) is 35.1 Å². The van der Waals surface area contributed by atoms with Gasteiger partial charge in [-0.25, -0.2) is 10.3 Å². The Morgan fingerprint density at radius 1 is 0.902 bits per heavy atom. The zero-order valence-electron chi connectivity index (χ0n) is 22.0. The molecule has 2 atom stereocenters. The van der Waals surface area contributed by atoms with E-state index in [9.17, 15) is 14.4 Å². The quantitative estimate of drug-likeness (QED) is 0.203. The second kappa shape index (κ2) is 9.42. The van der Waals surface area contributed by atoms with E-state index in [2.05, 4.69) is 10.5 Å². The van der Waals surface area contributed by atoms with E-state index in [-0.39, 0.29) is 17.7 Å². The smallest absolute Gasteiger partial charge is 0.271 e. The maximum absolute atomic E-state index is 14.4. The number of rotatable bonds is 5. The molecular formula is C33H24ClN3O4. The summed E-state index contributed by atoms with van der Waals surface area (Å²) in [7, 11) is 1.53. The largest absolute Gasteiger partial charge is 0.497 e. The van der Waals surface area contributed by atoms with Crippen LogP contribution in [0, 0.1) is 11.8 Å². The number of halogens is 1. The molecule has 0 radical (unpaired) electrons. The highest BCUT2D eigenvalue weighted by Crippen LogP contribution is 2.63. The Morgan fingerprint density at radius 2 is 1.56 bits per heavy atom. The van der Waals surface area contributed by atoms with Crippen LogP contribution in [0.5, 0.6) is 5.75 Å². The molecule has 7 nitrogen and oxygen atoms in total. The number of imide groups is 1. The monoisotopic (exact) mass is 561 g/mol. The molecule has 202 valence electrons. The molecule has 0 unspecified atom stereocenters. The van der Waals surface area contributed by atoms with E-state index in [4.69, 9.17) is 16.3 Å². The summed E-state index contributed by atoms with van der Waals surface area (Å²) in [5, 5.41) is 4.78. The van der Waals surface area contributed by atoms with Crippen LogP contribution in [0.15, 0.2) is 102 Å². The van der Waals surface area contributed by atoms with Crippen LogP contribution in [0.3, 0.4) is 0 Å². The Kier molecular flexibility index (Phi) is 5.80. The Morgan fingerprint density at radius 3 is 2.24 bits per heavy atom. The van der Waals surface area contributed by atoms with E-state index in [1.54, 1.807) is 54.7 Å².